The molecule has 1 amide bonds. The molecular formula is C18H14F3N3O2S. The van der Waals surface area contributed by atoms with Crippen molar-refractivity contribution >= 4 is 23.4 Å². The van der Waals surface area contributed by atoms with Gasteiger partial charge in [0.05, 0.1) is 10.9 Å². The number of thioether (sulfide) groups is 1. The second-order valence-electron chi connectivity index (χ2n) is 5.66. The first-order chi connectivity index (χ1) is 12.9. The van der Waals surface area contributed by atoms with Gasteiger partial charge in [-0.05, 0) is 37.6 Å². The summed E-state index contributed by atoms with van der Waals surface area (Å²) in [6.07, 6.45) is 0. The summed E-state index contributed by atoms with van der Waals surface area (Å²) in [4.78, 5) is 12.2. The third kappa shape index (κ3) is 4.13. The molecule has 1 heterocycles. The number of carbonyl (C=O) groups is 1. The second-order valence-corrected chi connectivity index (χ2v) is 6.95. The summed E-state index contributed by atoms with van der Waals surface area (Å²) in [6, 6.07) is 9.14. The maximum Gasteiger partial charge on any atom is 0.277 e. The minimum Gasteiger partial charge on any atom is -0.411 e. The number of aromatic nitrogens is 2. The Kier molecular flexibility index (Phi) is 5.50. The molecule has 140 valence electrons. The summed E-state index contributed by atoms with van der Waals surface area (Å²) in [6.45, 7) is 3.44. The van der Waals surface area contributed by atoms with Crippen LogP contribution in [0.2, 0.25) is 0 Å². The number of anilines is 1. The van der Waals surface area contributed by atoms with Gasteiger partial charge in [-0.15, -0.1) is 10.2 Å². The highest BCUT2D eigenvalue weighted by atomic mass is 32.2. The average Bonchev–Trinajstić information content (AvgIpc) is 3.10. The predicted molar refractivity (Wildman–Crippen MR) is 94.7 cm³/mol. The third-order valence-electron chi connectivity index (χ3n) is 3.72. The molecule has 1 atom stereocenters. The fraction of sp³-hybridized carbons (Fsp3) is 0.167. The Morgan fingerprint density at radius 2 is 1.85 bits per heavy atom. The number of hydrogen-bond donors (Lipinski definition) is 1. The summed E-state index contributed by atoms with van der Waals surface area (Å²) in [7, 11) is 0. The van der Waals surface area contributed by atoms with Crippen LogP contribution >= 0.6 is 11.8 Å². The minimum atomic E-state index is -1.65. The van der Waals surface area contributed by atoms with Gasteiger partial charge < -0.3 is 9.73 Å². The lowest BCUT2D eigenvalue weighted by molar-refractivity contribution is -0.115. The molecule has 3 rings (SSSR count). The Morgan fingerprint density at radius 3 is 2.59 bits per heavy atom. The summed E-state index contributed by atoms with van der Waals surface area (Å²) in [5, 5.41) is 9.47. The highest BCUT2D eigenvalue weighted by Crippen LogP contribution is 2.28. The zero-order valence-corrected chi connectivity index (χ0v) is 15.1. The Hall–Kier alpha value is -2.81. The van der Waals surface area contributed by atoms with E-state index in [2.05, 4.69) is 15.5 Å². The SMILES string of the molecule is Cc1ccccc1-c1nnc(S[C@@H](C)C(=O)Nc2ccc(F)c(F)c2F)o1. The van der Waals surface area contributed by atoms with E-state index in [4.69, 9.17) is 4.42 Å². The van der Waals surface area contributed by atoms with Crippen molar-refractivity contribution in [2.75, 3.05) is 5.32 Å². The molecule has 5 nitrogen and oxygen atoms in total. The highest BCUT2D eigenvalue weighted by Gasteiger charge is 2.22. The topological polar surface area (TPSA) is 68.0 Å². The largest absolute Gasteiger partial charge is 0.411 e. The van der Waals surface area contributed by atoms with Crippen molar-refractivity contribution < 1.29 is 22.4 Å². The number of halogens is 3. The lowest BCUT2D eigenvalue weighted by Gasteiger charge is -2.11. The van der Waals surface area contributed by atoms with Crippen molar-refractivity contribution in [3.63, 3.8) is 0 Å². The van der Waals surface area contributed by atoms with E-state index in [1.807, 2.05) is 31.2 Å². The molecule has 0 aliphatic heterocycles. The van der Waals surface area contributed by atoms with Crippen LogP contribution in [0.1, 0.15) is 12.5 Å². The van der Waals surface area contributed by atoms with E-state index in [9.17, 15) is 18.0 Å². The van der Waals surface area contributed by atoms with Crippen LogP contribution in [0.3, 0.4) is 0 Å². The van der Waals surface area contributed by atoms with E-state index in [-0.39, 0.29) is 5.22 Å². The van der Waals surface area contributed by atoms with Crippen LogP contribution in [-0.4, -0.2) is 21.4 Å². The maximum atomic E-state index is 13.7. The van der Waals surface area contributed by atoms with E-state index in [1.54, 1.807) is 0 Å². The molecule has 3 aromatic rings. The summed E-state index contributed by atoms with van der Waals surface area (Å²) in [5.41, 5.74) is 1.28. The van der Waals surface area contributed by atoms with E-state index < -0.39 is 34.3 Å². The molecule has 0 aliphatic carbocycles. The van der Waals surface area contributed by atoms with Gasteiger partial charge in [0.25, 0.3) is 5.22 Å². The predicted octanol–water partition coefficient (Wildman–Crippen LogP) is 4.58. The number of rotatable bonds is 5. The second kappa shape index (κ2) is 7.83. The number of nitrogens with one attached hydrogen (secondary N) is 1. The first-order valence-corrected chi connectivity index (χ1v) is 8.75. The first kappa shape index (κ1) is 19.0. The van der Waals surface area contributed by atoms with Gasteiger partial charge in [0.2, 0.25) is 11.8 Å². The number of nitrogens with zero attached hydrogens (tertiary/aromatic N) is 2. The Labute approximate surface area is 157 Å². The highest BCUT2D eigenvalue weighted by molar-refractivity contribution is 8.00. The zero-order valence-electron chi connectivity index (χ0n) is 14.3. The Morgan fingerprint density at radius 1 is 1.11 bits per heavy atom. The van der Waals surface area contributed by atoms with Crippen LogP contribution in [0.25, 0.3) is 11.5 Å². The number of carbonyl (C=O) groups excluding carboxylic acids is 1. The maximum absolute atomic E-state index is 13.7. The molecule has 0 bridgehead atoms. The molecule has 1 N–H and O–H groups in total. The molecule has 0 radical (unpaired) electrons. The lowest BCUT2D eigenvalue weighted by atomic mass is 10.1. The van der Waals surface area contributed by atoms with Gasteiger partial charge in [-0.1, -0.05) is 30.0 Å². The van der Waals surface area contributed by atoms with Crippen LogP contribution in [0.4, 0.5) is 18.9 Å². The van der Waals surface area contributed by atoms with E-state index in [1.165, 1.54) is 6.92 Å². The van der Waals surface area contributed by atoms with Crippen LogP contribution in [0.5, 0.6) is 0 Å². The smallest absolute Gasteiger partial charge is 0.277 e. The van der Waals surface area contributed by atoms with Gasteiger partial charge in [0.1, 0.15) is 0 Å². The van der Waals surface area contributed by atoms with Gasteiger partial charge in [-0.25, -0.2) is 13.2 Å². The Bertz CT molecular complexity index is 994. The first-order valence-electron chi connectivity index (χ1n) is 7.87. The number of amides is 1. The van der Waals surface area contributed by atoms with Crippen LogP contribution in [0.15, 0.2) is 46.0 Å². The van der Waals surface area contributed by atoms with E-state index >= 15 is 0 Å². The fourth-order valence-corrected chi connectivity index (χ4v) is 2.92. The van der Waals surface area contributed by atoms with Crippen molar-refractivity contribution in [1.82, 2.24) is 10.2 Å². The molecular weight excluding hydrogens is 379 g/mol. The molecule has 2 aromatic carbocycles. The van der Waals surface area contributed by atoms with Crippen LogP contribution in [-0.2, 0) is 4.79 Å². The minimum absolute atomic E-state index is 0.154. The molecule has 0 fully saturated rings. The summed E-state index contributed by atoms with van der Waals surface area (Å²) in [5.74, 6) is -4.74. The normalized spacial score (nSPS) is 12.0. The van der Waals surface area contributed by atoms with Gasteiger partial charge in [0.15, 0.2) is 17.5 Å². The summed E-state index contributed by atoms with van der Waals surface area (Å²) < 4.78 is 45.4. The monoisotopic (exact) mass is 393 g/mol. The van der Waals surface area contributed by atoms with Crippen molar-refractivity contribution in [3.8, 4) is 11.5 Å². The van der Waals surface area contributed by atoms with Crippen LogP contribution in [0, 0.1) is 24.4 Å². The Balaban J connectivity index is 1.69. The van der Waals surface area contributed by atoms with Gasteiger partial charge in [-0.3, -0.25) is 4.79 Å². The van der Waals surface area contributed by atoms with E-state index in [0.29, 0.717) is 5.89 Å². The number of aryl methyl sites for hydroxylation is 1. The average molecular weight is 393 g/mol. The summed E-state index contributed by atoms with van der Waals surface area (Å²) >= 11 is 0.963. The fourth-order valence-electron chi connectivity index (χ4n) is 2.24. The molecule has 0 spiro atoms. The molecule has 27 heavy (non-hydrogen) atoms. The van der Waals surface area contributed by atoms with Crippen molar-refractivity contribution in [2.45, 2.75) is 24.3 Å². The molecule has 9 heteroatoms. The van der Waals surface area contributed by atoms with Gasteiger partial charge in [0, 0.05) is 5.56 Å². The van der Waals surface area contributed by atoms with Crippen molar-refractivity contribution in [2.24, 2.45) is 0 Å². The molecule has 0 unspecified atom stereocenters. The van der Waals surface area contributed by atoms with Crippen LogP contribution < -0.4 is 5.32 Å². The van der Waals surface area contributed by atoms with E-state index in [0.717, 1.165) is 35.0 Å². The molecule has 0 aliphatic rings. The number of hydrogen-bond acceptors (Lipinski definition) is 5. The van der Waals surface area contributed by atoms with Crippen molar-refractivity contribution in [1.29, 1.82) is 0 Å². The van der Waals surface area contributed by atoms with Gasteiger partial charge in [-0.2, -0.15) is 0 Å². The standard InChI is InChI=1S/C18H14F3N3O2S/c1-9-5-3-4-6-11(9)17-23-24-18(26-17)27-10(2)16(25)22-13-8-7-12(19)14(20)15(13)21/h3-8,10H,1-2H3,(H,22,25)/t10-/m0/s1. The quantitative estimate of drug-likeness (QED) is 0.508. The molecule has 0 saturated carbocycles. The molecule has 0 saturated heterocycles. The molecule has 1 aromatic heterocycles. The lowest BCUT2D eigenvalue weighted by Crippen LogP contribution is -2.23. The third-order valence-corrected chi connectivity index (χ3v) is 4.66. The zero-order chi connectivity index (χ0) is 19.6. The van der Waals surface area contributed by atoms with Crippen molar-refractivity contribution in [3.05, 3.63) is 59.4 Å². The number of benzene rings is 2. The van der Waals surface area contributed by atoms with Gasteiger partial charge >= 0.3 is 0 Å².